The molecule has 0 unspecified atom stereocenters. The van der Waals surface area contributed by atoms with Gasteiger partial charge in [0.1, 0.15) is 5.82 Å². The number of carboxylic acids is 1. The van der Waals surface area contributed by atoms with E-state index < -0.39 is 11.4 Å². The van der Waals surface area contributed by atoms with Crippen LogP contribution >= 0.6 is 11.5 Å². The van der Waals surface area contributed by atoms with Gasteiger partial charge in [0.2, 0.25) is 5.13 Å². The molecule has 2 N–H and O–H groups in total. The molecule has 0 spiro atoms. The quantitative estimate of drug-likeness (QED) is 0.866. The second-order valence-electron chi connectivity index (χ2n) is 5.72. The summed E-state index contributed by atoms with van der Waals surface area (Å²) in [5, 5.41) is 12.7. The fourth-order valence-electron chi connectivity index (χ4n) is 0.972. The lowest BCUT2D eigenvalue weighted by atomic mass is 9.94. The molecule has 1 aromatic heterocycles. The number of anilines is 1. The van der Waals surface area contributed by atoms with Gasteiger partial charge in [0.25, 0.3) is 0 Å². The molecule has 0 saturated carbocycles. The van der Waals surface area contributed by atoms with E-state index in [4.69, 9.17) is 5.11 Å². The summed E-state index contributed by atoms with van der Waals surface area (Å²) < 4.78 is 4.25. The van der Waals surface area contributed by atoms with Crippen molar-refractivity contribution in [1.82, 2.24) is 9.36 Å². The second-order valence-corrected chi connectivity index (χ2v) is 6.47. The maximum absolute atomic E-state index is 10.9. The molecule has 0 radical (unpaired) electrons. The highest BCUT2D eigenvalue weighted by atomic mass is 32.1. The molecule has 6 heteroatoms. The molecule has 0 amide bonds. The Morgan fingerprint density at radius 2 is 1.94 bits per heavy atom. The topological polar surface area (TPSA) is 75.1 Å². The molecule has 1 aromatic rings. The van der Waals surface area contributed by atoms with Gasteiger partial charge in [-0.3, -0.25) is 4.79 Å². The molecule has 96 valence electrons. The van der Waals surface area contributed by atoms with E-state index in [0.29, 0.717) is 11.7 Å². The number of hydrogen-bond donors (Lipinski definition) is 2. The maximum atomic E-state index is 10.9. The van der Waals surface area contributed by atoms with Crippen LogP contribution in [0.25, 0.3) is 0 Å². The van der Waals surface area contributed by atoms with Gasteiger partial charge in [-0.15, -0.1) is 0 Å². The van der Waals surface area contributed by atoms with Crippen molar-refractivity contribution in [2.45, 2.75) is 40.0 Å². The van der Waals surface area contributed by atoms with Gasteiger partial charge in [0.05, 0.1) is 5.41 Å². The highest BCUT2D eigenvalue weighted by Gasteiger charge is 2.27. The third-order valence-corrected chi connectivity index (χ3v) is 3.03. The number of hydrogen-bond acceptors (Lipinski definition) is 5. The lowest BCUT2D eigenvalue weighted by molar-refractivity contribution is -0.146. The predicted octanol–water partition coefficient (Wildman–Crippen LogP) is 2.36. The molecule has 0 fully saturated rings. The molecule has 1 heterocycles. The van der Waals surface area contributed by atoms with Gasteiger partial charge in [-0.05, 0) is 13.8 Å². The van der Waals surface area contributed by atoms with Crippen molar-refractivity contribution in [3.8, 4) is 0 Å². The van der Waals surface area contributed by atoms with Crippen molar-refractivity contribution < 1.29 is 9.90 Å². The number of nitrogens with one attached hydrogen (secondary N) is 1. The van der Waals surface area contributed by atoms with Gasteiger partial charge < -0.3 is 10.4 Å². The monoisotopic (exact) mass is 257 g/mol. The summed E-state index contributed by atoms with van der Waals surface area (Å²) in [6, 6.07) is 0. The van der Waals surface area contributed by atoms with E-state index in [2.05, 4.69) is 14.7 Å². The van der Waals surface area contributed by atoms with Gasteiger partial charge in [-0.2, -0.15) is 4.37 Å². The minimum absolute atomic E-state index is 0.0846. The van der Waals surface area contributed by atoms with Crippen LogP contribution < -0.4 is 5.32 Å². The summed E-state index contributed by atoms with van der Waals surface area (Å²) in [6.07, 6.45) is 0. The van der Waals surface area contributed by atoms with Crippen LogP contribution in [0.1, 0.15) is 40.4 Å². The van der Waals surface area contributed by atoms with Crippen molar-refractivity contribution in [3.05, 3.63) is 5.82 Å². The predicted molar refractivity (Wildman–Crippen MR) is 68.5 cm³/mol. The van der Waals surface area contributed by atoms with E-state index in [0.717, 1.165) is 5.82 Å². The Balaban J connectivity index is 2.66. The molecule has 17 heavy (non-hydrogen) atoms. The van der Waals surface area contributed by atoms with E-state index in [1.807, 2.05) is 20.8 Å². The molecule has 5 nitrogen and oxygen atoms in total. The summed E-state index contributed by atoms with van der Waals surface area (Å²) in [5.74, 6) is -0.0521. The van der Waals surface area contributed by atoms with Crippen molar-refractivity contribution in [3.63, 3.8) is 0 Å². The van der Waals surface area contributed by atoms with Crippen molar-refractivity contribution >= 4 is 22.6 Å². The fourth-order valence-corrected chi connectivity index (χ4v) is 1.72. The SMILES string of the molecule is CC(C)(CNc1nc(C(C)(C)C)ns1)C(=O)O. The maximum Gasteiger partial charge on any atom is 0.310 e. The number of aromatic nitrogens is 2. The highest BCUT2D eigenvalue weighted by molar-refractivity contribution is 7.09. The molecule has 1 rings (SSSR count). The van der Waals surface area contributed by atoms with Gasteiger partial charge in [0, 0.05) is 23.5 Å². The van der Waals surface area contributed by atoms with Gasteiger partial charge >= 0.3 is 5.97 Å². The zero-order chi connectivity index (χ0) is 13.3. The van der Waals surface area contributed by atoms with E-state index in [1.165, 1.54) is 11.5 Å². The first-order valence-corrected chi connectivity index (χ1v) is 6.22. The Morgan fingerprint density at radius 1 is 1.35 bits per heavy atom. The zero-order valence-corrected chi connectivity index (χ0v) is 11.7. The van der Waals surface area contributed by atoms with E-state index >= 15 is 0 Å². The first kappa shape index (κ1) is 13.9. The highest BCUT2D eigenvalue weighted by Crippen LogP contribution is 2.24. The summed E-state index contributed by atoms with van der Waals surface area (Å²) in [6.45, 7) is 9.81. The summed E-state index contributed by atoms with van der Waals surface area (Å²) in [7, 11) is 0. The second kappa shape index (κ2) is 4.60. The van der Waals surface area contributed by atoms with Gasteiger partial charge in [-0.25, -0.2) is 4.98 Å². The summed E-state index contributed by atoms with van der Waals surface area (Å²) in [5.41, 5.74) is -0.897. The molecule has 0 aliphatic carbocycles. The fraction of sp³-hybridized carbons (Fsp3) is 0.727. The van der Waals surface area contributed by atoms with Crippen LogP contribution in [0.4, 0.5) is 5.13 Å². The third-order valence-electron chi connectivity index (χ3n) is 2.36. The average Bonchev–Trinajstić information content (AvgIpc) is 2.62. The smallest absolute Gasteiger partial charge is 0.310 e. The largest absolute Gasteiger partial charge is 0.481 e. The van der Waals surface area contributed by atoms with E-state index in [9.17, 15) is 4.79 Å². The van der Waals surface area contributed by atoms with E-state index in [1.54, 1.807) is 13.8 Å². The lowest BCUT2D eigenvalue weighted by Crippen LogP contribution is -2.31. The van der Waals surface area contributed by atoms with Crippen LogP contribution in [-0.2, 0) is 10.2 Å². The van der Waals surface area contributed by atoms with Crippen LogP contribution in [0.2, 0.25) is 0 Å². The molecule has 0 aliphatic rings. The Kier molecular flexibility index (Phi) is 3.76. The van der Waals surface area contributed by atoms with Crippen LogP contribution in [0.3, 0.4) is 0 Å². The molecule has 0 atom stereocenters. The lowest BCUT2D eigenvalue weighted by Gasteiger charge is -2.18. The molecular weight excluding hydrogens is 238 g/mol. The third kappa shape index (κ3) is 3.66. The number of aliphatic carboxylic acids is 1. The first-order chi connectivity index (χ1) is 7.63. The Bertz CT molecular complexity index is 407. The van der Waals surface area contributed by atoms with Crippen molar-refractivity contribution in [2.75, 3.05) is 11.9 Å². The van der Waals surface area contributed by atoms with Crippen LogP contribution in [0, 0.1) is 5.41 Å². The van der Waals surface area contributed by atoms with E-state index in [-0.39, 0.29) is 5.41 Å². The number of carbonyl (C=O) groups is 1. The van der Waals surface area contributed by atoms with Crippen molar-refractivity contribution in [1.29, 1.82) is 0 Å². The summed E-state index contributed by atoms with van der Waals surface area (Å²) >= 11 is 1.26. The standard InChI is InChI=1S/C11H19N3O2S/c1-10(2,3)7-13-9(17-14-7)12-6-11(4,5)8(15)16/h6H2,1-5H3,(H,15,16)(H,12,13,14). The number of nitrogens with zero attached hydrogens (tertiary/aromatic N) is 2. The minimum atomic E-state index is -0.828. The molecule has 0 aromatic carbocycles. The normalized spacial score (nSPS) is 12.5. The number of rotatable bonds is 4. The Labute approximate surface area is 105 Å². The zero-order valence-electron chi connectivity index (χ0n) is 10.9. The van der Waals surface area contributed by atoms with Gasteiger partial charge in [-0.1, -0.05) is 20.8 Å². The first-order valence-electron chi connectivity index (χ1n) is 5.44. The van der Waals surface area contributed by atoms with Crippen LogP contribution in [0.15, 0.2) is 0 Å². The average molecular weight is 257 g/mol. The van der Waals surface area contributed by atoms with Crippen molar-refractivity contribution in [2.24, 2.45) is 5.41 Å². The summed E-state index contributed by atoms with van der Waals surface area (Å²) in [4.78, 5) is 15.3. The molecule has 0 saturated heterocycles. The molecule has 0 aliphatic heterocycles. The van der Waals surface area contributed by atoms with Crippen LogP contribution in [-0.4, -0.2) is 27.0 Å². The Morgan fingerprint density at radius 3 is 2.35 bits per heavy atom. The molecule has 0 bridgehead atoms. The molecular formula is C11H19N3O2S. The van der Waals surface area contributed by atoms with Gasteiger partial charge in [0.15, 0.2) is 0 Å². The van der Waals surface area contributed by atoms with Crippen LogP contribution in [0.5, 0.6) is 0 Å². The Hall–Kier alpha value is -1.17. The minimum Gasteiger partial charge on any atom is -0.481 e. The number of carboxylic acid groups (broad SMARTS) is 1.